The van der Waals surface area contributed by atoms with E-state index in [1.807, 2.05) is 19.9 Å². The Morgan fingerprint density at radius 1 is 1.34 bits per heavy atom. The number of aryl methyl sites for hydroxylation is 1. The van der Waals surface area contributed by atoms with Crippen molar-refractivity contribution in [1.82, 2.24) is 19.9 Å². The van der Waals surface area contributed by atoms with E-state index in [1.165, 1.54) is 12.0 Å². The van der Waals surface area contributed by atoms with Crippen molar-refractivity contribution in [3.63, 3.8) is 0 Å². The average molecular weight is 459 g/mol. The van der Waals surface area contributed by atoms with Crippen LogP contribution in [0.3, 0.4) is 0 Å². The first-order valence-corrected chi connectivity index (χ1v) is 10.5. The number of nitrogens with one attached hydrogen (secondary N) is 2. The highest BCUT2D eigenvalue weighted by atomic mass is 35.5. The number of methoxy groups -OCH3 is 1. The molecule has 3 heterocycles. The molecule has 0 radical (unpaired) electrons. The summed E-state index contributed by atoms with van der Waals surface area (Å²) in [6.07, 6.45) is 0.217. The van der Waals surface area contributed by atoms with Crippen LogP contribution in [0.25, 0.3) is 10.9 Å². The zero-order valence-corrected chi connectivity index (χ0v) is 18.9. The van der Waals surface area contributed by atoms with E-state index in [0.29, 0.717) is 40.7 Å². The smallest absolute Gasteiger partial charge is 0.417 e. The number of amides is 1. The molecule has 32 heavy (non-hydrogen) atoms. The number of benzene rings is 1. The van der Waals surface area contributed by atoms with Gasteiger partial charge in [-0.25, -0.2) is 9.69 Å². The van der Waals surface area contributed by atoms with Gasteiger partial charge >= 0.3 is 6.09 Å². The summed E-state index contributed by atoms with van der Waals surface area (Å²) in [6.45, 7) is 5.78. The number of anilines is 2. The normalized spacial score (nSPS) is 16.8. The van der Waals surface area contributed by atoms with Gasteiger partial charge in [-0.05, 0) is 38.5 Å². The van der Waals surface area contributed by atoms with Crippen molar-refractivity contribution >= 4 is 40.5 Å². The standard InChI is InChI=1S/C21H23ClN6O4/c1-5-13-9-32-21(30)28(13)20-25-11(3)24-19(27-20)23-10(2)14-8-12-6-7-15(31-4)16(22)17(12)26-18(14)29/h6-8,10,13H,5,9H2,1-4H3,(H,26,29)(H,23,24,25,27)/t10-,13-/m0/s1. The van der Waals surface area contributed by atoms with Crippen LogP contribution in [0.1, 0.15) is 37.7 Å². The highest BCUT2D eigenvalue weighted by Gasteiger charge is 2.35. The second-order valence-electron chi connectivity index (χ2n) is 7.48. The Hall–Kier alpha value is -3.40. The zero-order valence-electron chi connectivity index (χ0n) is 18.1. The lowest BCUT2D eigenvalue weighted by Gasteiger charge is -2.20. The molecule has 2 N–H and O–H groups in total. The fourth-order valence-corrected chi connectivity index (χ4v) is 3.93. The van der Waals surface area contributed by atoms with Gasteiger partial charge in [0.25, 0.3) is 5.56 Å². The molecule has 2 aromatic heterocycles. The maximum Gasteiger partial charge on any atom is 0.417 e. The monoisotopic (exact) mass is 458 g/mol. The van der Waals surface area contributed by atoms with E-state index in [2.05, 4.69) is 25.3 Å². The molecule has 0 aliphatic carbocycles. The fourth-order valence-electron chi connectivity index (χ4n) is 3.63. The van der Waals surface area contributed by atoms with Crippen molar-refractivity contribution in [3.8, 4) is 5.75 Å². The molecule has 0 saturated carbocycles. The number of aromatic amines is 1. The second kappa shape index (κ2) is 8.62. The van der Waals surface area contributed by atoms with Crippen molar-refractivity contribution in [2.75, 3.05) is 23.9 Å². The Morgan fingerprint density at radius 2 is 2.12 bits per heavy atom. The molecule has 0 bridgehead atoms. The summed E-state index contributed by atoms with van der Waals surface area (Å²) in [6, 6.07) is 4.75. The number of nitrogens with zero attached hydrogens (tertiary/aromatic N) is 4. The molecule has 0 unspecified atom stereocenters. The molecule has 3 aromatic rings. The van der Waals surface area contributed by atoms with Crippen LogP contribution in [0.4, 0.5) is 16.7 Å². The Labute approximate surface area is 188 Å². The number of H-pyrrole nitrogens is 1. The SMILES string of the molecule is CC[C@H]1COC(=O)N1c1nc(C)nc(N[C@@H](C)c2cc3ccc(OC)c(Cl)c3[nH]c2=O)n1. The van der Waals surface area contributed by atoms with E-state index in [0.717, 1.165) is 5.39 Å². The van der Waals surface area contributed by atoms with Crippen LogP contribution >= 0.6 is 11.6 Å². The lowest BCUT2D eigenvalue weighted by molar-refractivity contribution is 0.178. The molecule has 1 saturated heterocycles. The van der Waals surface area contributed by atoms with Crippen molar-refractivity contribution in [1.29, 1.82) is 0 Å². The quantitative estimate of drug-likeness (QED) is 0.574. The highest BCUT2D eigenvalue weighted by Crippen LogP contribution is 2.31. The Balaban J connectivity index is 1.66. The first-order chi connectivity index (χ1) is 15.3. The third-order valence-corrected chi connectivity index (χ3v) is 5.74. The van der Waals surface area contributed by atoms with Gasteiger partial charge in [0.2, 0.25) is 11.9 Å². The van der Waals surface area contributed by atoms with Crippen LogP contribution in [0.5, 0.6) is 5.75 Å². The molecule has 1 aliphatic rings. The molecular formula is C21H23ClN6O4. The van der Waals surface area contributed by atoms with E-state index in [-0.39, 0.29) is 23.5 Å². The summed E-state index contributed by atoms with van der Waals surface area (Å²) in [4.78, 5) is 42.2. The summed E-state index contributed by atoms with van der Waals surface area (Å²) >= 11 is 6.33. The van der Waals surface area contributed by atoms with E-state index in [1.54, 1.807) is 19.1 Å². The number of ether oxygens (including phenoxy) is 2. The Kier molecular flexibility index (Phi) is 5.88. The third kappa shape index (κ3) is 3.93. The number of hydrogen-bond donors (Lipinski definition) is 2. The second-order valence-corrected chi connectivity index (χ2v) is 7.86. The van der Waals surface area contributed by atoms with Gasteiger partial charge < -0.3 is 19.8 Å². The number of rotatable bonds is 6. The summed E-state index contributed by atoms with van der Waals surface area (Å²) < 4.78 is 10.3. The van der Waals surface area contributed by atoms with Crippen LogP contribution in [-0.2, 0) is 4.74 Å². The zero-order chi connectivity index (χ0) is 23.0. The average Bonchev–Trinajstić information content (AvgIpc) is 3.14. The summed E-state index contributed by atoms with van der Waals surface area (Å²) in [5.41, 5.74) is 0.682. The molecular weight excluding hydrogens is 436 g/mol. The van der Waals surface area contributed by atoms with Crippen molar-refractivity contribution < 1.29 is 14.3 Å². The predicted molar refractivity (Wildman–Crippen MR) is 121 cm³/mol. The van der Waals surface area contributed by atoms with Crippen molar-refractivity contribution in [2.45, 2.75) is 39.3 Å². The van der Waals surface area contributed by atoms with Crippen molar-refractivity contribution in [2.24, 2.45) is 0 Å². The lowest BCUT2D eigenvalue weighted by Crippen LogP contribution is -2.35. The van der Waals surface area contributed by atoms with Gasteiger partial charge in [0.05, 0.1) is 24.7 Å². The third-order valence-electron chi connectivity index (χ3n) is 5.37. The minimum Gasteiger partial charge on any atom is -0.495 e. The molecule has 1 aromatic carbocycles. The van der Waals surface area contributed by atoms with Crippen LogP contribution < -0.4 is 20.5 Å². The molecule has 2 atom stereocenters. The number of carbonyl (C=O) groups excluding carboxylic acids is 1. The number of cyclic esters (lactones) is 1. The molecule has 0 spiro atoms. The first-order valence-electron chi connectivity index (χ1n) is 10.2. The number of carbonyl (C=O) groups is 1. The van der Waals surface area contributed by atoms with Crippen LogP contribution in [0, 0.1) is 6.92 Å². The number of pyridine rings is 1. The lowest BCUT2D eigenvalue weighted by atomic mass is 10.1. The van der Waals surface area contributed by atoms with E-state index in [9.17, 15) is 9.59 Å². The summed E-state index contributed by atoms with van der Waals surface area (Å²) in [7, 11) is 1.51. The predicted octanol–water partition coefficient (Wildman–Crippen LogP) is 3.59. The Bertz CT molecular complexity index is 1250. The number of aromatic nitrogens is 4. The topological polar surface area (TPSA) is 122 Å². The molecule has 168 valence electrons. The van der Waals surface area contributed by atoms with Gasteiger partial charge in [-0.2, -0.15) is 15.0 Å². The highest BCUT2D eigenvalue weighted by molar-refractivity contribution is 6.36. The van der Waals surface area contributed by atoms with Crippen LogP contribution in [0.15, 0.2) is 23.0 Å². The van der Waals surface area contributed by atoms with Crippen LogP contribution in [-0.4, -0.2) is 45.8 Å². The molecule has 10 nitrogen and oxygen atoms in total. The van der Waals surface area contributed by atoms with Crippen LogP contribution in [0.2, 0.25) is 5.02 Å². The van der Waals surface area contributed by atoms with Gasteiger partial charge in [0, 0.05) is 10.9 Å². The Morgan fingerprint density at radius 3 is 2.84 bits per heavy atom. The summed E-state index contributed by atoms with van der Waals surface area (Å²) in [5, 5.41) is 4.24. The van der Waals surface area contributed by atoms with Gasteiger partial charge in [-0.15, -0.1) is 0 Å². The number of hydrogen-bond acceptors (Lipinski definition) is 8. The van der Waals surface area contributed by atoms with Crippen molar-refractivity contribution in [3.05, 3.63) is 45.0 Å². The van der Waals surface area contributed by atoms with Gasteiger partial charge in [0.15, 0.2) is 0 Å². The van der Waals surface area contributed by atoms with Gasteiger partial charge in [0.1, 0.15) is 23.2 Å². The van der Waals surface area contributed by atoms with E-state index >= 15 is 0 Å². The molecule has 1 amide bonds. The summed E-state index contributed by atoms with van der Waals surface area (Å²) in [5.74, 6) is 1.38. The maximum atomic E-state index is 12.8. The molecule has 1 aliphatic heterocycles. The first kappa shape index (κ1) is 21.8. The van der Waals surface area contributed by atoms with E-state index < -0.39 is 12.1 Å². The number of halogens is 1. The van der Waals surface area contributed by atoms with E-state index in [4.69, 9.17) is 21.1 Å². The minimum absolute atomic E-state index is 0.139. The minimum atomic E-state index is -0.486. The maximum absolute atomic E-state index is 12.8. The van der Waals surface area contributed by atoms with Gasteiger partial charge in [-0.3, -0.25) is 4.79 Å². The molecule has 11 heteroatoms. The largest absolute Gasteiger partial charge is 0.495 e. The molecule has 1 fully saturated rings. The molecule has 4 rings (SSSR count). The number of fused-ring (bicyclic) bond motifs is 1. The van der Waals surface area contributed by atoms with Gasteiger partial charge in [-0.1, -0.05) is 18.5 Å². The fraction of sp³-hybridized carbons (Fsp3) is 0.381.